The van der Waals surface area contributed by atoms with Crippen molar-refractivity contribution < 1.29 is 0 Å². The van der Waals surface area contributed by atoms with Gasteiger partial charge in [0.25, 0.3) is 0 Å². The molecule has 0 atom stereocenters. The summed E-state index contributed by atoms with van der Waals surface area (Å²) in [5, 5.41) is 8.08. The lowest BCUT2D eigenvalue weighted by molar-refractivity contribution is 0.593. The molecule has 4 heteroatoms. The van der Waals surface area contributed by atoms with Crippen molar-refractivity contribution in [3.8, 4) is 0 Å². The predicted octanol–water partition coefficient (Wildman–Crippen LogP) is 0.719. The molecule has 0 spiro atoms. The first-order valence-electron chi connectivity index (χ1n) is 3.70. The second kappa shape index (κ2) is 2.50. The molecule has 0 saturated heterocycles. The first-order valence-corrected chi connectivity index (χ1v) is 4.08. The molecular weight excluding hydrogens is 162 g/mol. The summed E-state index contributed by atoms with van der Waals surface area (Å²) in [6.07, 6.45) is 1.00. The van der Waals surface area contributed by atoms with Gasteiger partial charge in [-0.3, -0.25) is 4.68 Å². The fraction of sp³-hybridized carbons (Fsp3) is 0.571. The number of aryl methyl sites for hydroxylation is 1. The molecule has 1 aromatic rings. The van der Waals surface area contributed by atoms with Gasteiger partial charge < -0.3 is 5.32 Å². The summed E-state index contributed by atoms with van der Waals surface area (Å²) < 4.78 is 1.85. The van der Waals surface area contributed by atoms with E-state index in [9.17, 15) is 0 Å². The average Bonchev–Trinajstić information content (AvgIpc) is 2.30. The molecule has 2 heterocycles. The molecular formula is C7H10ClN3. The van der Waals surface area contributed by atoms with Crippen LogP contribution >= 0.6 is 11.6 Å². The molecule has 0 unspecified atom stereocenters. The van der Waals surface area contributed by atoms with Gasteiger partial charge in [-0.25, -0.2) is 0 Å². The van der Waals surface area contributed by atoms with Gasteiger partial charge in [-0.05, 0) is 13.0 Å². The minimum Gasteiger partial charge on any atom is -0.311 e. The molecule has 3 nitrogen and oxygen atoms in total. The summed E-state index contributed by atoms with van der Waals surface area (Å²) in [4.78, 5) is 0. The fourth-order valence-electron chi connectivity index (χ4n) is 1.46. The smallest absolute Gasteiger partial charge is 0.154 e. The Morgan fingerprint density at radius 1 is 1.64 bits per heavy atom. The molecule has 1 aromatic heterocycles. The lowest BCUT2D eigenvalue weighted by atomic mass is 10.1. The molecule has 11 heavy (non-hydrogen) atoms. The molecule has 0 amide bonds. The van der Waals surface area contributed by atoms with E-state index < -0.39 is 0 Å². The SMILES string of the molecule is Cn1nc(Cl)c2c1CNCC2. The Hall–Kier alpha value is -0.540. The number of halogens is 1. The Balaban J connectivity index is 2.52. The highest BCUT2D eigenvalue weighted by atomic mass is 35.5. The van der Waals surface area contributed by atoms with Gasteiger partial charge in [-0.2, -0.15) is 5.10 Å². The second-order valence-corrected chi connectivity index (χ2v) is 3.12. The first-order chi connectivity index (χ1) is 5.29. The third-order valence-corrected chi connectivity index (χ3v) is 2.37. The minimum absolute atomic E-state index is 0.670. The highest BCUT2D eigenvalue weighted by Gasteiger charge is 2.16. The van der Waals surface area contributed by atoms with E-state index in [2.05, 4.69) is 10.4 Å². The molecule has 1 N–H and O–H groups in total. The topological polar surface area (TPSA) is 29.9 Å². The van der Waals surface area contributed by atoms with E-state index in [1.54, 1.807) is 0 Å². The van der Waals surface area contributed by atoms with Crippen LogP contribution in [0.1, 0.15) is 11.3 Å². The molecule has 2 rings (SSSR count). The largest absolute Gasteiger partial charge is 0.311 e. The average molecular weight is 172 g/mol. The number of hydrogen-bond acceptors (Lipinski definition) is 2. The van der Waals surface area contributed by atoms with Crippen LogP contribution in [0.2, 0.25) is 5.15 Å². The van der Waals surface area contributed by atoms with Gasteiger partial charge in [-0.15, -0.1) is 0 Å². The summed E-state index contributed by atoms with van der Waals surface area (Å²) in [6.45, 7) is 1.91. The van der Waals surface area contributed by atoms with E-state index in [4.69, 9.17) is 11.6 Å². The zero-order chi connectivity index (χ0) is 7.84. The van der Waals surface area contributed by atoms with Crippen molar-refractivity contribution in [1.29, 1.82) is 0 Å². The van der Waals surface area contributed by atoms with Gasteiger partial charge in [0.05, 0.1) is 5.69 Å². The van der Waals surface area contributed by atoms with Crippen LogP contribution in [0.5, 0.6) is 0 Å². The number of rotatable bonds is 0. The van der Waals surface area contributed by atoms with Crippen LogP contribution in [-0.4, -0.2) is 16.3 Å². The molecule has 0 aromatic carbocycles. The monoisotopic (exact) mass is 171 g/mol. The van der Waals surface area contributed by atoms with Gasteiger partial charge >= 0.3 is 0 Å². The molecule has 0 radical (unpaired) electrons. The van der Waals surface area contributed by atoms with Crippen LogP contribution < -0.4 is 5.32 Å². The standard InChI is InChI=1S/C7H10ClN3/c1-11-6-4-9-3-2-5(6)7(8)10-11/h9H,2-4H2,1H3. The normalized spacial score (nSPS) is 16.5. The van der Waals surface area contributed by atoms with Crippen LogP contribution in [0.15, 0.2) is 0 Å². The van der Waals surface area contributed by atoms with Crippen molar-refractivity contribution in [3.05, 3.63) is 16.4 Å². The molecule has 0 aliphatic carbocycles. The van der Waals surface area contributed by atoms with E-state index >= 15 is 0 Å². The summed E-state index contributed by atoms with van der Waals surface area (Å²) in [6, 6.07) is 0. The van der Waals surface area contributed by atoms with Gasteiger partial charge in [0.15, 0.2) is 5.15 Å². The lowest BCUT2D eigenvalue weighted by Gasteiger charge is -2.12. The number of hydrogen-bond donors (Lipinski definition) is 1. The Morgan fingerprint density at radius 3 is 3.18 bits per heavy atom. The van der Waals surface area contributed by atoms with Crippen LogP contribution in [0, 0.1) is 0 Å². The third kappa shape index (κ3) is 1.04. The quantitative estimate of drug-likeness (QED) is 0.624. The maximum absolute atomic E-state index is 5.90. The highest BCUT2D eigenvalue weighted by Crippen LogP contribution is 2.21. The maximum atomic E-state index is 5.90. The predicted molar refractivity (Wildman–Crippen MR) is 43.6 cm³/mol. The van der Waals surface area contributed by atoms with Crippen LogP contribution in [0.3, 0.4) is 0 Å². The van der Waals surface area contributed by atoms with Gasteiger partial charge in [0.1, 0.15) is 0 Å². The van der Waals surface area contributed by atoms with Gasteiger partial charge in [-0.1, -0.05) is 11.6 Å². The van der Waals surface area contributed by atoms with Crippen LogP contribution in [0.4, 0.5) is 0 Å². The van der Waals surface area contributed by atoms with Crippen molar-refractivity contribution in [2.24, 2.45) is 7.05 Å². The number of nitrogens with one attached hydrogen (secondary N) is 1. The summed E-state index contributed by atoms with van der Waals surface area (Å²) in [5.41, 5.74) is 2.44. The van der Waals surface area contributed by atoms with E-state index in [0.29, 0.717) is 5.15 Å². The molecule has 1 aliphatic heterocycles. The van der Waals surface area contributed by atoms with Gasteiger partial charge in [0, 0.05) is 19.2 Å². The van der Waals surface area contributed by atoms with Crippen LogP contribution in [0.25, 0.3) is 0 Å². The van der Waals surface area contributed by atoms with Crippen molar-refractivity contribution >= 4 is 11.6 Å². The summed E-state index contributed by atoms with van der Waals surface area (Å²) in [5.74, 6) is 0. The zero-order valence-corrected chi connectivity index (χ0v) is 7.15. The van der Waals surface area contributed by atoms with Gasteiger partial charge in [0.2, 0.25) is 0 Å². The molecule has 1 aliphatic rings. The van der Waals surface area contributed by atoms with Crippen molar-refractivity contribution in [2.75, 3.05) is 6.54 Å². The Morgan fingerprint density at radius 2 is 2.45 bits per heavy atom. The maximum Gasteiger partial charge on any atom is 0.154 e. The van der Waals surface area contributed by atoms with E-state index in [0.717, 1.165) is 19.5 Å². The van der Waals surface area contributed by atoms with Crippen LogP contribution in [-0.2, 0) is 20.0 Å². The lowest BCUT2D eigenvalue weighted by Crippen LogP contribution is -2.24. The van der Waals surface area contributed by atoms with Crippen molar-refractivity contribution in [1.82, 2.24) is 15.1 Å². The van der Waals surface area contributed by atoms with E-state index in [1.807, 2.05) is 11.7 Å². The third-order valence-electron chi connectivity index (χ3n) is 2.07. The number of aromatic nitrogens is 2. The Kier molecular flexibility index (Phi) is 1.62. The molecule has 0 saturated carbocycles. The van der Waals surface area contributed by atoms with E-state index in [-0.39, 0.29) is 0 Å². The Labute approximate surface area is 70.3 Å². The zero-order valence-electron chi connectivity index (χ0n) is 6.39. The Bertz CT molecular complexity index is 253. The highest BCUT2D eigenvalue weighted by molar-refractivity contribution is 6.30. The minimum atomic E-state index is 0.670. The van der Waals surface area contributed by atoms with Crippen molar-refractivity contribution in [2.45, 2.75) is 13.0 Å². The molecule has 60 valence electrons. The second-order valence-electron chi connectivity index (χ2n) is 2.77. The van der Waals surface area contributed by atoms with E-state index in [1.165, 1.54) is 11.3 Å². The molecule has 0 bridgehead atoms. The first kappa shape index (κ1) is 7.13. The number of fused-ring (bicyclic) bond motifs is 1. The van der Waals surface area contributed by atoms with Crippen molar-refractivity contribution in [3.63, 3.8) is 0 Å². The summed E-state index contributed by atoms with van der Waals surface area (Å²) in [7, 11) is 1.93. The fourth-order valence-corrected chi connectivity index (χ4v) is 1.77. The number of nitrogens with zero attached hydrogens (tertiary/aromatic N) is 2. The molecule has 0 fully saturated rings. The summed E-state index contributed by atoms with van der Waals surface area (Å²) >= 11 is 5.90.